The molecule has 0 spiro atoms. The molecule has 0 saturated carbocycles. The van der Waals surface area contributed by atoms with Crippen LogP contribution in [0.2, 0.25) is 0 Å². The first kappa shape index (κ1) is 12.8. The van der Waals surface area contributed by atoms with E-state index in [2.05, 4.69) is 10.8 Å². The molecule has 0 amide bonds. The fraction of sp³-hybridized carbons (Fsp3) is 0.125. The van der Waals surface area contributed by atoms with E-state index in [1.807, 2.05) is 25.1 Å². The Morgan fingerprint density at radius 3 is 2.05 bits per heavy atom. The van der Waals surface area contributed by atoms with E-state index >= 15 is 0 Å². The standard InChI is InChI=1S/C16H11F3O/c1-10-2-6-14-11(8-10)3-4-12-9-13(5-7-15(12)14)20-16(17,18)19/h2-9H,1H3. The summed E-state index contributed by atoms with van der Waals surface area (Å²) in [5.41, 5.74) is 1.15. The molecule has 20 heavy (non-hydrogen) atoms. The van der Waals surface area contributed by atoms with Crippen molar-refractivity contribution in [1.29, 1.82) is 0 Å². The zero-order chi connectivity index (χ0) is 14.3. The van der Waals surface area contributed by atoms with E-state index in [4.69, 9.17) is 0 Å². The van der Waals surface area contributed by atoms with Gasteiger partial charge >= 0.3 is 6.36 Å². The average Bonchev–Trinajstić information content (AvgIpc) is 2.36. The maximum absolute atomic E-state index is 12.2. The van der Waals surface area contributed by atoms with Crippen molar-refractivity contribution in [3.63, 3.8) is 0 Å². The van der Waals surface area contributed by atoms with Crippen LogP contribution in [0.3, 0.4) is 0 Å². The van der Waals surface area contributed by atoms with Crippen molar-refractivity contribution < 1.29 is 17.9 Å². The second-order valence-electron chi connectivity index (χ2n) is 4.72. The van der Waals surface area contributed by atoms with E-state index in [1.54, 1.807) is 12.1 Å². The molecule has 1 nitrogen and oxygen atoms in total. The van der Waals surface area contributed by atoms with Crippen molar-refractivity contribution in [1.82, 2.24) is 0 Å². The van der Waals surface area contributed by atoms with Gasteiger partial charge in [-0.2, -0.15) is 0 Å². The molecule has 3 aromatic carbocycles. The normalized spacial score (nSPS) is 12.0. The fourth-order valence-corrected chi connectivity index (χ4v) is 2.37. The molecule has 0 aliphatic heterocycles. The molecule has 4 heteroatoms. The minimum atomic E-state index is -4.67. The maximum Gasteiger partial charge on any atom is 0.573 e. The molecule has 0 fully saturated rings. The largest absolute Gasteiger partial charge is 0.573 e. The summed E-state index contributed by atoms with van der Waals surface area (Å²) in [6.45, 7) is 2.00. The van der Waals surface area contributed by atoms with Gasteiger partial charge in [-0.1, -0.05) is 42.0 Å². The number of benzene rings is 3. The minimum Gasteiger partial charge on any atom is -0.406 e. The summed E-state index contributed by atoms with van der Waals surface area (Å²) in [5, 5.41) is 3.73. The first-order valence-electron chi connectivity index (χ1n) is 6.11. The zero-order valence-electron chi connectivity index (χ0n) is 10.7. The molecular formula is C16H11F3O. The average molecular weight is 276 g/mol. The Balaban J connectivity index is 2.17. The molecular weight excluding hydrogens is 265 g/mol. The molecule has 3 rings (SSSR count). The second-order valence-corrected chi connectivity index (χ2v) is 4.72. The monoisotopic (exact) mass is 276 g/mol. The van der Waals surface area contributed by atoms with Gasteiger partial charge in [0.15, 0.2) is 0 Å². The van der Waals surface area contributed by atoms with Crippen molar-refractivity contribution in [3.8, 4) is 5.75 Å². The summed E-state index contributed by atoms with van der Waals surface area (Å²) in [5.74, 6) is -0.198. The lowest BCUT2D eigenvalue weighted by atomic mass is 10.0. The highest BCUT2D eigenvalue weighted by Crippen LogP contribution is 2.31. The molecule has 0 N–H and O–H groups in total. The molecule has 0 aromatic heterocycles. The van der Waals surface area contributed by atoms with Gasteiger partial charge in [0, 0.05) is 0 Å². The van der Waals surface area contributed by atoms with E-state index in [0.29, 0.717) is 0 Å². The lowest BCUT2D eigenvalue weighted by Crippen LogP contribution is -2.16. The summed E-state index contributed by atoms with van der Waals surface area (Å²) in [6, 6.07) is 14.1. The van der Waals surface area contributed by atoms with Gasteiger partial charge in [-0.15, -0.1) is 13.2 Å². The lowest BCUT2D eigenvalue weighted by molar-refractivity contribution is -0.274. The quantitative estimate of drug-likeness (QED) is 0.555. The van der Waals surface area contributed by atoms with Crippen LogP contribution in [-0.4, -0.2) is 6.36 Å². The predicted molar refractivity (Wildman–Crippen MR) is 72.9 cm³/mol. The van der Waals surface area contributed by atoms with E-state index in [0.717, 1.165) is 27.1 Å². The molecule has 0 heterocycles. The van der Waals surface area contributed by atoms with Crippen LogP contribution >= 0.6 is 0 Å². The summed E-state index contributed by atoms with van der Waals surface area (Å²) >= 11 is 0. The molecule has 3 aromatic rings. The third kappa shape index (κ3) is 2.41. The Morgan fingerprint density at radius 2 is 1.40 bits per heavy atom. The van der Waals surface area contributed by atoms with Crippen LogP contribution in [0.15, 0.2) is 48.5 Å². The molecule has 0 atom stereocenters. The van der Waals surface area contributed by atoms with Gasteiger partial charge in [0.05, 0.1) is 0 Å². The highest BCUT2D eigenvalue weighted by Gasteiger charge is 2.31. The molecule has 0 aliphatic carbocycles. The van der Waals surface area contributed by atoms with Crippen LogP contribution in [0.5, 0.6) is 5.75 Å². The Hall–Kier alpha value is -2.23. The third-order valence-electron chi connectivity index (χ3n) is 3.20. The Morgan fingerprint density at radius 1 is 0.800 bits per heavy atom. The van der Waals surface area contributed by atoms with Gasteiger partial charge in [0.2, 0.25) is 0 Å². The van der Waals surface area contributed by atoms with Crippen molar-refractivity contribution in [2.75, 3.05) is 0 Å². The summed E-state index contributed by atoms with van der Waals surface area (Å²) in [4.78, 5) is 0. The topological polar surface area (TPSA) is 9.23 Å². The molecule has 0 bridgehead atoms. The molecule has 102 valence electrons. The molecule has 0 aliphatic rings. The Labute approximate surface area is 113 Å². The number of halogens is 3. The van der Waals surface area contributed by atoms with Gasteiger partial charge in [0.1, 0.15) is 5.75 Å². The Kier molecular flexibility index (Phi) is 2.82. The zero-order valence-corrected chi connectivity index (χ0v) is 10.7. The van der Waals surface area contributed by atoms with Gasteiger partial charge in [0.25, 0.3) is 0 Å². The van der Waals surface area contributed by atoms with Crippen molar-refractivity contribution in [2.45, 2.75) is 13.3 Å². The van der Waals surface area contributed by atoms with Gasteiger partial charge in [-0.05, 0) is 40.6 Å². The van der Waals surface area contributed by atoms with Crippen LogP contribution in [0.4, 0.5) is 13.2 Å². The maximum atomic E-state index is 12.2. The Bertz CT molecular complexity index is 791. The number of hydrogen-bond donors (Lipinski definition) is 0. The number of hydrogen-bond acceptors (Lipinski definition) is 1. The summed E-state index contributed by atoms with van der Waals surface area (Å²) in [6.07, 6.45) is -4.67. The SMILES string of the molecule is Cc1ccc2c(ccc3cc(OC(F)(F)F)ccc32)c1. The summed E-state index contributed by atoms with van der Waals surface area (Å²) in [7, 11) is 0. The number of aryl methyl sites for hydroxylation is 1. The van der Waals surface area contributed by atoms with Crippen molar-refractivity contribution in [3.05, 3.63) is 54.1 Å². The number of alkyl halides is 3. The van der Waals surface area contributed by atoms with Crippen LogP contribution in [0.1, 0.15) is 5.56 Å². The van der Waals surface area contributed by atoms with Gasteiger partial charge < -0.3 is 4.74 Å². The van der Waals surface area contributed by atoms with E-state index in [9.17, 15) is 13.2 Å². The number of fused-ring (bicyclic) bond motifs is 3. The molecule has 0 unspecified atom stereocenters. The second kappa shape index (κ2) is 4.40. The van der Waals surface area contributed by atoms with Crippen LogP contribution in [0, 0.1) is 6.92 Å². The van der Waals surface area contributed by atoms with E-state index < -0.39 is 6.36 Å². The van der Waals surface area contributed by atoms with Gasteiger partial charge in [-0.25, -0.2) is 0 Å². The predicted octanol–water partition coefficient (Wildman–Crippen LogP) is 5.20. The van der Waals surface area contributed by atoms with Crippen molar-refractivity contribution in [2.24, 2.45) is 0 Å². The molecule has 0 saturated heterocycles. The fourth-order valence-electron chi connectivity index (χ4n) is 2.37. The summed E-state index contributed by atoms with van der Waals surface area (Å²) < 4.78 is 40.6. The van der Waals surface area contributed by atoms with Crippen LogP contribution in [0.25, 0.3) is 21.5 Å². The molecule has 0 radical (unpaired) electrons. The first-order chi connectivity index (χ1) is 9.42. The number of ether oxygens (including phenoxy) is 1. The third-order valence-corrected chi connectivity index (χ3v) is 3.20. The smallest absolute Gasteiger partial charge is 0.406 e. The van der Waals surface area contributed by atoms with E-state index in [1.165, 1.54) is 12.1 Å². The lowest BCUT2D eigenvalue weighted by Gasteiger charge is -2.10. The van der Waals surface area contributed by atoms with Crippen LogP contribution in [-0.2, 0) is 0 Å². The van der Waals surface area contributed by atoms with Crippen LogP contribution < -0.4 is 4.74 Å². The highest BCUT2D eigenvalue weighted by atomic mass is 19.4. The minimum absolute atomic E-state index is 0.198. The highest BCUT2D eigenvalue weighted by molar-refractivity contribution is 6.07. The number of rotatable bonds is 1. The van der Waals surface area contributed by atoms with Crippen molar-refractivity contribution >= 4 is 21.5 Å². The first-order valence-corrected chi connectivity index (χ1v) is 6.11. The van der Waals surface area contributed by atoms with Gasteiger partial charge in [-0.3, -0.25) is 0 Å². The van der Waals surface area contributed by atoms with E-state index in [-0.39, 0.29) is 5.75 Å².